The Morgan fingerprint density at radius 1 is 0.889 bits per heavy atom. The summed E-state index contributed by atoms with van der Waals surface area (Å²) in [6, 6.07) is 3.43. The van der Waals surface area contributed by atoms with E-state index in [0.717, 1.165) is 0 Å². The van der Waals surface area contributed by atoms with Gasteiger partial charge in [-0.1, -0.05) is 0 Å². The van der Waals surface area contributed by atoms with E-state index in [4.69, 9.17) is 10.5 Å². The van der Waals surface area contributed by atoms with Gasteiger partial charge < -0.3 is 0 Å². The molecule has 9 nitrogen and oxygen atoms in total. The molecular formula is C9H12N2O7. The molecular weight excluding hydrogens is 248 g/mol. The zero-order valence-electron chi connectivity index (χ0n) is 10.3. The molecule has 0 fully saturated rings. The Morgan fingerprint density at radius 2 is 1.22 bits per heavy atom. The van der Waals surface area contributed by atoms with Crippen LogP contribution in [-0.4, -0.2) is 17.4 Å². The van der Waals surface area contributed by atoms with Gasteiger partial charge in [-0.3, -0.25) is 0 Å². The summed E-state index contributed by atoms with van der Waals surface area (Å²) in [6.45, 7) is 5.49. The first kappa shape index (κ1) is 16.1. The fraction of sp³-hybridized carbons (Fsp3) is 0.667. The standard InChI is InChI=1S/C9H12N2O7/c1-8(2,5-10)15-17-13-7(12)14-18-16-9(3,4)6-11/h1-4H3. The van der Waals surface area contributed by atoms with Crippen molar-refractivity contribution < 1.29 is 34.4 Å². The quantitative estimate of drug-likeness (QED) is 0.516. The van der Waals surface area contributed by atoms with Crippen LogP contribution in [0, 0.1) is 22.7 Å². The number of nitriles is 2. The third-order valence-corrected chi connectivity index (χ3v) is 1.23. The predicted molar refractivity (Wildman–Crippen MR) is 51.3 cm³/mol. The molecule has 18 heavy (non-hydrogen) atoms. The molecule has 0 saturated heterocycles. The van der Waals surface area contributed by atoms with Crippen LogP contribution < -0.4 is 0 Å². The van der Waals surface area contributed by atoms with E-state index in [0.29, 0.717) is 0 Å². The van der Waals surface area contributed by atoms with Crippen molar-refractivity contribution in [1.82, 2.24) is 0 Å². The van der Waals surface area contributed by atoms with Gasteiger partial charge in [-0.05, 0) is 37.8 Å². The van der Waals surface area contributed by atoms with E-state index in [-0.39, 0.29) is 0 Å². The molecule has 0 aromatic heterocycles. The first-order valence-corrected chi connectivity index (χ1v) is 4.63. The normalized spacial score (nSPS) is 11.2. The molecule has 0 aromatic carbocycles. The van der Waals surface area contributed by atoms with Gasteiger partial charge in [0.15, 0.2) is 11.2 Å². The van der Waals surface area contributed by atoms with Crippen molar-refractivity contribution in [1.29, 1.82) is 10.5 Å². The Balaban J connectivity index is 3.76. The van der Waals surface area contributed by atoms with E-state index in [1.165, 1.54) is 27.7 Å². The molecule has 0 heterocycles. The predicted octanol–water partition coefficient (Wildman–Crippen LogP) is 1.47. The van der Waals surface area contributed by atoms with Crippen LogP contribution in [0.5, 0.6) is 0 Å². The van der Waals surface area contributed by atoms with Crippen molar-refractivity contribution in [3.63, 3.8) is 0 Å². The van der Waals surface area contributed by atoms with Crippen molar-refractivity contribution in [2.24, 2.45) is 0 Å². The summed E-state index contributed by atoms with van der Waals surface area (Å²) in [5.74, 6) is 0. The molecule has 9 heteroatoms. The van der Waals surface area contributed by atoms with Crippen LogP contribution in [0.3, 0.4) is 0 Å². The molecule has 0 N–H and O–H groups in total. The van der Waals surface area contributed by atoms with Crippen LogP contribution in [-0.2, 0) is 29.6 Å². The first-order valence-electron chi connectivity index (χ1n) is 4.63. The summed E-state index contributed by atoms with van der Waals surface area (Å²) in [7, 11) is 0. The van der Waals surface area contributed by atoms with Crippen molar-refractivity contribution in [3.05, 3.63) is 0 Å². The van der Waals surface area contributed by atoms with Crippen LogP contribution >= 0.6 is 0 Å². The number of carbonyl (C=O) groups excluding carboxylic acids is 1. The van der Waals surface area contributed by atoms with Gasteiger partial charge in [0.05, 0.1) is 0 Å². The van der Waals surface area contributed by atoms with Crippen LogP contribution in [0.25, 0.3) is 0 Å². The summed E-state index contributed by atoms with van der Waals surface area (Å²) < 4.78 is 0. The van der Waals surface area contributed by atoms with E-state index in [2.05, 4.69) is 29.6 Å². The van der Waals surface area contributed by atoms with Gasteiger partial charge in [0.25, 0.3) is 0 Å². The molecule has 0 radical (unpaired) electrons. The Kier molecular flexibility index (Phi) is 6.02. The third kappa shape index (κ3) is 7.38. The maximum absolute atomic E-state index is 10.8. The summed E-state index contributed by atoms with van der Waals surface area (Å²) in [4.78, 5) is 27.4. The zero-order valence-corrected chi connectivity index (χ0v) is 10.3. The van der Waals surface area contributed by atoms with Crippen molar-refractivity contribution in [2.75, 3.05) is 0 Å². The van der Waals surface area contributed by atoms with E-state index >= 15 is 0 Å². The number of hydrogen-bond acceptors (Lipinski definition) is 9. The molecule has 100 valence electrons. The lowest BCUT2D eigenvalue weighted by Gasteiger charge is -2.13. The van der Waals surface area contributed by atoms with Crippen LogP contribution in [0.4, 0.5) is 4.79 Å². The Labute approximate surface area is 103 Å². The highest BCUT2D eigenvalue weighted by molar-refractivity contribution is 5.57. The summed E-state index contributed by atoms with van der Waals surface area (Å²) in [5.41, 5.74) is -2.61. The molecule has 0 saturated carbocycles. The summed E-state index contributed by atoms with van der Waals surface area (Å²) in [5, 5.41) is 25.0. The van der Waals surface area contributed by atoms with Crippen LogP contribution in [0.2, 0.25) is 0 Å². The van der Waals surface area contributed by atoms with E-state index < -0.39 is 17.4 Å². The number of nitrogens with zero attached hydrogens (tertiary/aromatic N) is 2. The molecule has 0 amide bonds. The SMILES string of the molecule is CC(C)(C#N)OOOC(=O)OOOC(C)(C)C#N. The minimum absolute atomic E-state index is 1.31. The van der Waals surface area contributed by atoms with Crippen molar-refractivity contribution >= 4 is 6.16 Å². The summed E-state index contributed by atoms with van der Waals surface area (Å²) in [6.07, 6.45) is -1.45. The van der Waals surface area contributed by atoms with E-state index in [1.54, 1.807) is 12.1 Å². The van der Waals surface area contributed by atoms with Crippen molar-refractivity contribution in [2.45, 2.75) is 38.9 Å². The lowest BCUT2D eigenvalue weighted by Crippen LogP contribution is -2.25. The Hall–Kier alpha value is -1.91. The van der Waals surface area contributed by atoms with Gasteiger partial charge in [-0.25, -0.2) is 9.78 Å². The minimum Gasteiger partial charge on any atom is -0.226 e. The molecule has 0 aromatic rings. The fourth-order valence-electron chi connectivity index (χ4n) is 0.311. The van der Waals surface area contributed by atoms with Gasteiger partial charge in [-0.15, -0.1) is 0 Å². The highest BCUT2D eigenvalue weighted by atomic mass is 17.6. The van der Waals surface area contributed by atoms with Gasteiger partial charge in [0, 0.05) is 0 Å². The summed E-state index contributed by atoms with van der Waals surface area (Å²) >= 11 is 0. The lowest BCUT2D eigenvalue weighted by molar-refractivity contribution is -0.547. The molecule has 0 atom stereocenters. The van der Waals surface area contributed by atoms with Gasteiger partial charge >= 0.3 is 6.16 Å². The fourth-order valence-corrected chi connectivity index (χ4v) is 0.311. The maximum atomic E-state index is 10.8. The maximum Gasteiger partial charge on any atom is 0.577 e. The first-order chi connectivity index (χ1) is 8.22. The van der Waals surface area contributed by atoms with E-state index in [9.17, 15) is 4.79 Å². The zero-order chi connectivity index (χ0) is 14.2. The molecule has 0 aliphatic heterocycles. The highest BCUT2D eigenvalue weighted by Crippen LogP contribution is 2.09. The van der Waals surface area contributed by atoms with Gasteiger partial charge in [0.1, 0.15) is 12.1 Å². The average molecular weight is 260 g/mol. The molecule has 0 unspecified atom stereocenters. The second-order valence-corrected chi connectivity index (χ2v) is 3.96. The minimum atomic E-state index is -1.45. The average Bonchev–Trinajstić information content (AvgIpc) is 2.28. The molecule has 0 rings (SSSR count). The van der Waals surface area contributed by atoms with Crippen LogP contribution in [0.15, 0.2) is 0 Å². The smallest absolute Gasteiger partial charge is 0.226 e. The third-order valence-electron chi connectivity index (χ3n) is 1.23. The number of carbonyl (C=O) groups is 1. The second kappa shape index (κ2) is 6.74. The highest BCUT2D eigenvalue weighted by Gasteiger charge is 2.23. The van der Waals surface area contributed by atoms with E-state index in [1.807, 2.05) is 0 Å². The Bertz CT molecular complexity index is 332. The molecule has 0 spiro atoms. The van der Waals surface area contributed by atoms with Gasteiger partial charge in [0.2, 0.25) is 0 Å². The van der Waals surface area contributed by atoms with Gasteiger partial charge in [-0.2, -0.15) is 25.1 Å². The number of rotatable bonds is 6. The second-order valence-electron chi connectivity index (χ2n) is 3.96. The molecule has 0 aliphatic rings. The largest absolute Gasteiger partial charge is 0.577 e. The molecule has 0 aliphatic carbocycles. The van der Waals surface area contributed by atoms with Crippen LogP contribution in [0.1, 0.15) is 27.7 Å². The van der Waals surface area contributed by atoms with Crippen molar-refractivity contribution in [3.8, 4) is 12.1 Å². The topological polar surface area (TPSA) is 120 Å². The molecule has 0 bridgehead atoms. The monoisotopic (exact) mass is 260 g/mol. The number of hydrogen-bond donors (Lipinski definition) is 0. The lowest BCUT2D eigenvalue weighted by atomic mass is 10.2. The Morgan fingerprint density at radius 3 is 1.50 bits per heavy atom.